The predicted octanol–water partition coefficient (Wildman–Crippen LogP) is 3.11. The molecule has 0 aliphatic carbocycles. The zero-order valence-electron chi connectivity index (χ0n) is 13.7. The summed E-state index contributed by atoms with van der Waals surface area (Å²) in [5.74, 6) is -1.66. The van der Waals surface area contributed by atoms with Crippen LogP contribution < -0.4 is 10.6 Å². The van der Waals surface area contributed by atoms with Crippen LogP contribution >= 0.6 is 0 Å². The number of nitrogens with zero attached hydrogens (tertiary/aromatic N) is 1. The molecule has 4 nitrogen and oxygen atoms in total. The number of amides is 1. The monoisotopic (exact) mass is 343 g/mol. The molecule has 2 N–H and O–H groups in total. The van der Waals surface area contributed by atoms with Gasteiger partial charge < -0.3 is 10.6 Å². The van der Waals surface area contributed by atoms with E-state index in [4.69, 9.17) is 0 Å². The van der Waals surface area contributed by atoms with Crippen molar-refractivity contribution in [3.8, 4) is 0 Å². The number of hydrogen-bond acceptors (Lipinski definition) is 3. The van der Waals surface area contributed by atoms with E-state index < -0.39 is 17.3 Å². The summed E-state index contributed by atoms with van der Waals surface area (Å²) < 4.78 is 27.2. The Morgan fingerprint density at radius 1 is 1.00 bits per heavy atom. The molecule has 1 amide bonds. The maximum absolute atomic E-state index is 13.9. The summed E-state index contributed by atoms with van der Waals surface area (Å²) in [7, 11) is 0. The standard InChI is InChI=1S/C19H19F2N3O/c20-15-6-3-4-13(17(15)21)12-24-10-8-19(9-11-24)22-16-7-2-1-5-14(16)18(25)23-19/h1-7,22H,8-12H2,(H,23,25). The molecule has 0 atom stereocenters. The highest BCUT2D eigenvalue weighted by molar-refractivity contribution is 6.02. The molecule has 1 spiro atoms. The van der Waals surface area contributed by atoms with Gasteiger partial charge in [0.2, 0.25) is 0 Å². The maximum atomic E-state index is 13.9. The summed E-state index contributed by atoms with van der Waals surface area (Å²) in [6.45, 7) is 1.74. The molecule has 1 saturated heterocycles. The third-order valence-electron chi connectivity index (χ3n) is 5.03. The van der Waals surface area contributed by atoms with Crippen LogP contribution in [0.2, 0.25) is 0 Å². The number of piperidine rings is 1. The largest absolute Gasteiger partial charge is 0.362 e. The van der Waals surface area contributed by atoms with Crippen LogP contribution in [-0.2, 0) is 6.54 Å². The lowest BCUT2D eigenvalue weighted by Gasteiger charge is -2.46. The van der Waals surface area contributed by atoms with E-state index >= 15 is 0 Å². The van der Waals surface area contributed by atoms with Crippen molar-refractivity contribution in [3.05, 3.63) is 65.2 Å². The Bertz CT molecular complexity index is 816. The number of halogens is 2. The Hall–Kier alpha value is -2.47. The van der Waals surface area contributed by atoms with Crippen molar-refractivity contribution in [1.82, 2.24) is 10.2 Å². The van der Waals surface area contributed by atoms with E-state index in [1.165, 1.54) is 6.07 Å². The Kier molecular flexibility index (Phi) is 3.92. The van der Waals surface area contributed by atoms with Crippen molar-refractivity contribution < 1.29 is 13.6 Å². The van der Waals surface area contributed by atoms with Crippen molar-refractivity contribution in [2.24, 2.45) is 0 Å². The van der Waals surface area contributed by atoms with E-state index in [1.54, 1.807) is 12.1 Å². The van der Waals surface area contributed by atoms with Crippen molar-refractivity contribution in [3.63, 3.8) is 0 Å². The van der Waals surface area contributed by atoms with E-state index in [-0.39, 0.29) is 5.91 Å². The van der Waals surface area contributed by atoms with Crippen molar-refractivity contribution in [2.75, 3.05) is 18.4 Å². The number of likely N-dealkylation sites (tertiary alicyclic amines) is 1. The molecule has 0 saturated carbocycles. The molecule has 2 aromatic carbocycles. The lowest BCUT2D eigenvalue weighted by molar-refractivity contribution is 0.0821. The first-order valence-electron chi connectivity index (χ1n) is 8.41. The summed E-state index contributed by atoms with van der Waals surface area (Å²) in [6.07, 6.45) is 1.40. The lowest BCUT2D eigenvalue weighted by Crippen LogP contribution is -2.62. The lowest BCUT2D eigenvalue weighted by atomic mass is 9.92. The van der Waals surface area contributed by atoms with Crippen molar-refractivity contribution in [1.29, 1.82) is 0 Å². The number of carbonyl (C=O) groups excluding carboxylic acids is 1. The van der Waals surface area contributed by atoms with Gasteiger partial charge in [-0.15, -0.1) is 0 Å². The molecule has 0 aromatic heterocycles. The van der Waals surface area contributed by atoms with Gasteiger partial charge in [0.25, 0.3) is 5.91 Å². The van der Waals surface area contributed by atoms with Crippen molar-refractivity contribution in [2.45, 2.75) is 25.0 Å². The zero-order chi connectivity index (χ0) is 17.4. The van der Waals surface area contributed by atoms with Crippen LogP contribution in [0.4, 0.5) is 14.5 Å². The molecule has 2 heterocycles. The Balaban J connectivity index is 1.45. The van der Waals surface area contributed by atoms with Gasteiger partial charge in [-0.25, -0.2) is 8.78 Å². The highest BCUT2D eigenvalue weighted by atomic mass is 19.2. The Morgan fingerprint density at radius 3 is 2.56 bits per heavy atom. The van der Waals surface area contributed by atoms with Gasteiger partial charge in [0.1, 0.15) is 5.66 Å². The molecular formula is C19H19F2N3O. The first kappa shape index (κ1) is 16.0. The summed E-state index contributed by atoms with van der Waals surface area (Å²) in [5.41, 5.74) is 1.39. The molecule has 25 heavy (non-hydrogen) atoms. The summed E-state index contributed by atoms with van der Waals surface area (Å²) in [4.78, 5) is 14.4. The van der Waals surface area contributed by atoms with Crippen LogP contribution in [0.25, 0.3) is 0 Å². The average molecular weight is 343 g/mol. The average Bonchev–Trinajstić information content (AvgIpc) is 2.61. The van der Waals surface area contributed by atoms with Gasteiger partial charge >= 0.3 is 0 Å². The van der Waals surface area contributed by atoms with Gasteiger partial charge in [0.15, 0.2) is 11.6 Å². The van der Waals surface area contributed by atoms with Crippen LogP contribution in [0.15, 0.2) is 42.5 Å². The molecule has 6 heteroatoms. The number of carbonyl (C=O) groups is 1. The third kappa shape index (κ3) is 2.98. The van der Waals surface area contributed by atoms with Crippen LogP contribution in [0, 0.1) is 11.6 Å². The molecule has 1 fully saturated rings. The second kappa shape index (κ2) is 6.11. The fraction of sp³-hybridized carbons (Fsp3) is 0.316. The minimum Gasteiger partial charge on any atom is -0.362 e. The van der Waals surface area contributed by atoms with E-state index in [1.807, 2.05) is 18.2 Å². The Labute approximate surface area is 144 Å². The summed E-state index contributed by atoms with van der Waals surface area (Å²) >= 11 is 0. The fourth-order valence-electron chi connectivity index (χ4n) is 3.62. The van der Waals surface area contributed by atoms with Crippen LogP contribution in [0.3, 0.4) is 0 Å². The number of para-hydroxylation sites is 1. The minimum absolute atomic E-state index is 0.0704. The molecule has 2 aliphatic heterocycles. The van der Waals surface area contributed by atoms with Crippen LogP contribution in [0.1, 0.15) is 28.8 Å². The predicted molar refractivity (Wildman–Crippen MR) is 91.1 cm³/mol. The SMILES string of the molecule is O=C1NC2(CCN(Cc3cccc(F)c3F)CC2)Nc2ccccc21. The van der Waals surface area contributed by atoms with Gasteiger partial charge in [0, 0.05) is 43.7 Å². The number of nitrogens with one attached hydrogen (secondary N) is 2. The third-order valence-corrected chi connectivity index (χ3v) is 5.03. The Morgan fingerprint density at radius 2 is 1.76 bits per heavy atom. The van der Waals surface area contributed by atoms with Gasteiger partial charge in [-0.2, -0.15) is 0 Å². The quantitative estimate of drug-likeness (QED) is 0.881. The van der Waals surface area contributed by atoms with Crippen LogP contribution in [-0.4, -0.2) is 29.6 Å². The molecule has 4 rings (SSSR count). The second-order valence-corrected chi connectivity index (χ2v) is 6.70. The van der Waals surface area contributed by atoms with Gasteiger partial charge in [0.05, 0.1) is 5.56 Å². The van der Waals surface area contributed by atoms with E-state index in [0.29, 0.717) is 43.6 Å². The number of hydrogen-bond donors (Lipinski definition) is 2. The minimum atomic E-state index is -0.816. The number of anilines is 1. The number of fused-ring (bicyclic) bond motifs is 1. The first-order chi connectivity index (χ1) is 12.1. The van der Waals surface area contributed by atoms with Gasteiger partial charge in [-0.1, -0.05) is 24.3 Å². The molecule has 130 valence electrons. The van der Waals surface area contributed by atoms with E-state index in [9.17, 15) is 13.6 Å². The van der Waals surface area contributed by atoms with Gasteiger partial charge in [-0.05, 0) is 18.2 Å². The maximum Gasteiger partial charge on any atom is 0.255 e. The molecule has 2 aliphatic rings. The first-order valence-corrected chi connectivity index (χ1v) is 8.41. The van der Waals surface area contributed by atoms with E-state index in [2.05, 4.69) is 15.5 Å². The molecule has 2 aromatic rings. The van der Waals surface area contributed by atoms with Gasteiger partial charge in [-0.3, -0.25) is 9.69 Å². The zero-order valence-corrected chi connectivity index (χ0v) is 13.7. The molecule has 0 unspecified atom stereocenters. The number of benzene rings is 2. The van der Waals surface area contributed by atoms with Crippen molar-refractivity contribution >= 4 is 11.6 Å². The number of rotatable bonds is 2. The van der Waals surface area contributed by atoms with Crippen LogP contribution in [0.5, 0.6) is 0 Å². The molecule has 0 bridgehead atoms. The normalized spacial score (nSPS) is 19.2. The topological polar surface area (TPSA) is 44.4 Å². The summed E-state index contributed by atoms with van der Waals surface area (Å²) in [6, 6.07) is 11.7. The fourth-order valence-corrected chi connectivity index (χ4v) is 3.62. The van der Waals surface area contributed by atoms with E-state index in [0.717, 1.165) is 11.8 Å². The molecular weight excluding hydrogens is 324 g/mol. The molecule has 0 radical (unpaired) electrons. The smallest absolute Gasteiger partial charge is 0.255 e. The summed E-state index contributed by atoms with van der Waals surface area (Å²) in [5, 5.41) is 6.54. The highest BCUT2D eigenvalue weighted by Crippen LogP contribution is 2.31. The second-order valence-electron chi connectivity index (χ2n) is 6.70. The highest BCUT2D eigenvalue weighted by Gasteiger charge is 2.40.